The molecule has 0 N–H and O–H groups in total. The van der Waals surface area contributed by atoms with Crippen LogP contribution in [0.15, 0.2) is 84.9 Å². The molecule has 154 valence electrons. The second kappa shape index (κ2) is 8.56. The first-order chi connectivity index (χ1) is 14.4. The number of alkyl halides is 3. The normalized spacial score (nSPS) is 16.8. The molecule has 2 nitrogen and oxygen atoms in total. The van der Waals surface area contributed by atoms with Gasteiger partial charge in [-0.2, -0.15) is 13.2 Å². The molecule has 1 heterocycles. The SMILES string of the molecule is O=C(C(c1ccccc1)c1ccccc1)N1CCSC1c1cccc(C(F)(F)F)c1. The summed E-state index contributed by atoms with van der Waals surface area (Å²) in [5.41, 5.74) is 1.55. The molecule has 1 amide bonds. The Labute approximate surface area is 177 Å². The van der Waals surface area contributed by atoms with Crippen LogP contribution in [0.4, 0.5) is 13.2 Å². The van der Waals surface area contributed by atoms with Gasteiger partial charge in [-0.3, -0.25) is 4.79 Å². The third-order valence-corrected chi connectivity index (χ3v) is 6.45. The molecule has 1 saturated heterocycles. The van der Waals surface area contributed by atoms with E-state index in [4.69, 9.17) is 0 Å². The van der Waals surface area contributed by atoms with Crippen LogP contribution in [0.25, 0.3) is 0 Å². The number of halogens is 3. The Morgan fingerprint density at radius 3 is 2.07 bits per heavy atom. The van der Waals surface area contributed by atoms with Crippen LogP contribution < -0.4 is 0 Å². The summed E-state index contributed by atoms with van der Waals surface area (Å²) < 4.78 is 39.6. The lowest BCUT2D eigenvalue weighted by Gasteiger charge is -2.29. The van der Waals surface area contributed by atoms with Gasteiger partial charge in [-0.05, 0) is 28.8 Å². The summed E-state index contributed by atoms with van der Waals surface area (Å²) in [5.74, 6) is 0.0855. The van der Waals surface area contributed by atoms with Gasteiger partial charge in [0.15, 0.2) is 0 Å². The zero-order chi connectivity index (χ0) is 21.1. The molecule has 6 heteroatoms. The van der Waals surface area contributed by atoms with E-state index in [0.717, 1.165) is 23.3 Å². The highest BCUT2D eigenvalue weighted by molar-refractivity contribution is 7.99. The minimum absolute atomic E-state index is 0.0974. The first kappa shape index (κ1) is 20.5. The van der Waals surface area contributed by atoms with Crippen LogP contribution >= 0.6 is 11.8 Å². The molecule has 0 bridgehead atoms. The van der Waals surface area contributed by atoms with Crippen LogP contribution in [-0.4, -0.2) is 23.1 Å². The summed E-state index contributed by atoms with van der Waals surface area (Å²) in [4.78, 5) is 15.4. The molecule has 1 aliphatic rings. The topological polar surface area (TPSA) is 20.3 Å². The largest absolute Gasteiger partial charge is 0.416 e. The van der Waals surface area contributed by atoms with Crippen LogP contribution in [0.3, 0.4) is 0 Å². The summed E-state index contributed by atoms with van der Waals surface area (Å²) in [5, 5.41) is -0.435. The molecule has 4 rings (SSSR count). The average Bonchev–Trinajstić information content (AvgIpc) is 3.25. The molecule has 3 aromatic carbocycles. The van der Waals surface area contributed by atoms with E-state index in [2.05, 4.69) is 0 Å². The van der Waals surface area contributed by atoms with E-state index < -0.39 is 23.0 Å². The monoisotopic (exact) mass is 427 g/mol. The van der Waals surface area contributed by atoms with Gasteiger partial charge < -0.3 is 4.90 Å². The molecule has 1 aliphatic heterocycles. The van der Waals surface area contributed by atoms with E-state index >= 15 is 0 Å². The number of benzene rings is 3. The van der Waals surface area contributed by atoms with Crippen LogP contribution in [-0.2, 0) is 11.0 Å². The van der Waals surface area contributed by atoms with Crippen molar-refractivity contribution in [3.8, 4) is 0 Å². The molecule has 0 spiro atoms. The molecular formula is C24H20F3NOS. The highest BCUT2D eigenvalue weighted by Gasteiger charge is 2.37. The van der Waals surface area contributed by atoms with Crippen molar-refractivity contribution in [1.29, 1.82) is 0 Å². The van der Waals surface area contributed by atoms with Gasteiger partial charge in [0.1, 0.15) is 5.37 Å². The van der Waals surface area contributed by atoms with Crippen molar-refractivity contribution in [1.82, 2.24) is 4.90 Å². The molecule has 0 aromatic heterocycles. The predicted octanol–water partition coefficient (Wildman–Crippen LogP) is 6.11. The maximum Gasteiger partial charge on any atom is 0.416 e. The number of carbonyl (C=O) groups is 1. The second-order valence-electron chi connectivity index (χ2n) is 7.13. The van der Waals surface area contributed by atoms with Gasteiger partial charge >= 0.3 is 6.18 Å². The van der Waals surface area contributed by atoms with Gasteiger partial charge in [-0.1, -0.05) is 72.8 Å². The number of thioether (sulfide) groups is 1. The molecule has 1 unspecified atom stereocenters. The van der Waals surface area contributed by atoms with Gasteiger partial charge in [0.2, 0.25) is 5.91 Å². The van der Waals surface area contributed by atoms with E-state index in [1.807, 2.05) is 60.7 Å². The summed E-state index contributed by atoms with van der Waals surface area (Å²) in [7, 11) is 0. The van der Waals surface area contributed by atoms with Crippen LogP contribution in [0, 0.1) is 0 Å². The molecule has 1 atom stereocenters. The summed E-state index contributed by atoms with van der Waals surface area (Å²) >= 11 is 1.50. The number of amides is 1. The van der Waals surface area contributed by atoms with Gasteiger partial charge in [0.05, 0.1) is 11.5 Å². The van der Waals surface area contributed by atoms with Crippen LogP contribution in [0.5, 0.6) is 0 Å². The molecular weight excluding hydrogens is 407 g/mol. The number of hydrogen-bond acceptors (Lipinski definition) is 2. The van der Waals surface area contributed by atoms with Crippen molar-refractivity contribution in [2.24, 2.45) is 0 Å². The van der Waals surface area contributed by atoms with E-state index in [1.54, 1.807) is 11.0 Å². The van der Waals surface area contributed by atoms with E-state index in [0.29, 0.717) is 17.9 Å². The Morgan fingerprint density at radius 1 is 0.900 bits per heavy atom. The Morgan fingerprint density at radius 2 is 1.50 bits per heavy atom. The van der Waals surface area contributed by atoms with E-state index in [9.17, 15) is 18.0 Å². The van der Waals surface area contributed by atoms with Gasteiger partial charge in [0.25, 0.3) is 0 Å². The molecule has 3 aromatic rings. The fourth-order valence-electron chi connectivity index (χ4n) is 3.77. The Hall–Kier alpha value is -2.73. The van der Waals surface area contributed by atoms with Gasteiger partial charge in [-0.25, -0.2) is 0 Å². The van der Waals surface area contributed by atoms with Gasteiger partial charge in [-0.15, -0.1) is 11.8 Å². The fourth-order valence-corrected chi connectivity index (χ4v) is 5.03. The van der Waals surface area contributed by atoms with Crippen molar-refractivity contribution in [2.45, 2.75) is 17.5 Å². The van der Waals surface area contributed by atoms with E-state index in [1.165, 1.54) is 17.8 Å². The molecule has 0 aliphatic carbocycles. The van der Waals surface area contributed by atoms with Crippen molar-refractivity contribution in [3.63, 3.8) is 0 Å². The first-order valence-electron chi connectivity index (χ1n) is 9.64. The highest BCUT2D eigenvalue weighted by atomic mass is 32.2. The smallest absolute Gasteiger partial charge is 0.325 e. The number of carbonyl (C=O) groups excluding carboxylic acids is 1. The highest BCUT2D eigenvalue weighted by Crippen LogP contribution is 2.42. The maximum absolute atomic E-state index is 13.7. The summed E-state index contributed by atoms with van der Waals surface area (Å²) in [6.45, 7) is 0.501. The first-order valence-corrected chi connectivity index (χ1v) is 10.7. The quantitative estimate of drug-likeness (QED) is 0.501. The van der Waals surface area contributed by atoms with Crippen molar-refractivity contribution in [2.75, 3.05) is 12.3 Å². The van der Waals surface area contributed by atoms with E-state index in [-0.39, 0.29) is 5.91 Å². The third kappa shape index (κ3) is 4.24. The van der Waals surface area contributed by atoms with Crippen LogP contribution in [0.1, 0.15) is 33.5 Å². The lowest BCUT2D eigenvalue weighted by Crippen LogP contribution is -2.35. The Balaban J connectivity index is 1.70. The lowest BCUT2D eigenvalue weighted by atomic mass is 9.90. The third-order valence-electron chi connectivity index (χ3n) is 5.19. The maximum atomic E-state index is 13.7. The standard InChI is InChI=1S/C24H20F3NOS/c25-24(26,27)20-13-7-12-19(16-20)23-28(14-15-30-23)22(29)21(17-8-3-1-4-9-17)18-10-5-2-6-11-18/h1-13,16,21,23H,14-15H2. The molecule has 30 heavy (non-hydrogen) atoms. The zero-order valence-electron chi connectivity index (χ0n) is 16.0. The minimum atomic E-state index is -4.41. The fraction of sp³-hybridized carbons (Fsp3) is 0.208. The van der Waals surface area contributed by atoms with Crippen LogP contribution in [0.2, 0.25) is 0 Å². The van der Waals surface area contributed by atoms with Crippen molar-refractivity contribution >= 4 is 17.7 Å². The van der Waals surface area contributed by atoms with Crippen molar-refractivity contribution in [3.05, 3.63) is 107 Å². The lowest BCUT2D eigenvalue weighted by molar-refractivity contribution is -0.137. The number of nitrogens with zero attached hydrogens (tertiary/aromatic N) is 1. The number of rotatable bonds is 4. The Kier molecular flexibility index (Phi) is 5.86. The summed E-state index contributed by atoms with van der Waals surface area (Å²) in [6.07, 6.45) is -4.41. The molecule has 0 radical (unpaired) electrons. The predicted molar refractivity (Wildman–Crippen MR) is 113 cm³/mol. The second-order valence-corrected chi connectivity index (χ2v) is 8.32. The summed E-state index contributed by atoms with van der Waals surface area (Å²) in [6, 6.07) is 24.3. The molecule has 0 saturated carbocycles. The zero-order valence-corrected chi connectivity index (χ0v) is 16.9. The number of hydrogen-bond donors (Lipinski definition) is 0. The minimum Gasteiger partial charge on any atom is -0.325 e. The van der Waals surface area contributed by atoms with Crippen molar-refractivity contribution < 1.29 is 18.0 Å². The molecule has 1 fully saturated rings. The average molecular weight is 427 g/mol. The Bertz CT molecular complexity index is 968. The van der Waals surface area contributed by atoms with Gasteiger partial charge in [0, 0.05) is 12.3 Å².